The van der Waals surface area contributed by atoms with E-state index in [-0.39, 0.29) is 25.3 Å². The molecule has 5 heteroatoms. The van der Waals surface area contributed by atoms with Crippen molar-refractivity contribution < 1.29 is 19.7 Å². The number of nitrogens with one attached hydrogen (secondary N) is 1. The molecule has 0 fully saturated rings. The van der Waals surface area contributed by atoms with Crippen LogP contribution >= 0.6 is 0 Å². The minimum Gasteiger partial charge on any atom is -0.454 e. The SMILES string of the molecule is CC(CCc1ccc2c(c1)OCO2)NC(CO)CO. The van der Waals surface area contributed by atoms with Gasteiger partial charge in [0.2, 0.25) is 6.79 Å². The number of ether oxygens (including phenoxy) is 2. The molecule has 1 heterocycles. The van der Waals surface area contributed by atoms with Gasteiger partial charge in [0.05, 0.1) is 19.3 Å². The first-order valence-electron chi connectivity index (χ1n) is 6.59. The monoisotopic (exact) mass is 267 g/mol. The van der Waals surface area contributed by atoms with Crippen molar-refractivity contribution in [3.63, 3.8) is 0 Å². The third-order valence-electron chi connectivity index (χ3n) is 3.26. The van der Waals surface area contributed by atoms with Gasteiger partial charge in [0.15, 0.2) is 11.5 Å². The quantitative estimate of drug-likeness (QED) is 0.677. The summed E-state index contributed by atoms with van der Waals surface area (Å²) in [7, 11) is 0. The van der Waals surface area contributed by atoms with Crippen LogP contribution in [0.5, 0.6) is 11.5 Å². The van der Waals surface area contributed by atoms with Crippen LogP contribution in [-0.4, -0.2) is 42.3 Å². The van der Waals surface area contributed by atoms with Crippen molar-refractivity contribution in [1.82, 2.24) is 5.32 Å². The van der Waals surface area contributed by atoms with Crippen molar-refractivity contribution in [2.75, 3.05) is 20.0 Å². The highest BCUT2D eigenvalue weighted by atomic mass is 16.7. The van der Waals surface area contributed by atoms with Gasteiger partial charge in [-0.2, -0.15) is 0 Å². The standard InChI is InChI=1S/C14H21NO4/c1-10(15-12(7-16)8-17)2-3-11-4-5-13-14(6-11)19-9-18-13/h4-6,10,12,15-17H,2-3,7-9H2,1H3. The average molecular weight is 267 g/mol. The third kappa shape index (κ3) is 3.83. The predicted molar refractivity (Wildman–Crippen MR) is 71.4 cm³/mol. The van der Waals surface area contributed by atoms with Crippen LogP contribution in [0.4, 0.5) is 0 Å². The molecule has 0 radical (unpaired) electrons. The number of aryl methyl sites for hydroxylation is 1. The molecule has 0 spiro atoms. The Kier molecular flexibility index (Phi) is 5.01. The van der Waals surface area contributed by atoms with Crippen LogP contribution in [0.3, 0.4) is 0 Å². The van der Waals surface area contributed by atoms with Gasteiger partial charge in [-0.15, -0.1) is 0 Å². The summed E-state index contributed by atoms with van der Waals surface area (Å²) in [6, 6.07) is 5.96. The van der Waals surface area contributed by atoms with E-state index < -0.39 is 0 Å². The smallest absolute Gasteiger partial charge is 0.231 e. The molecule has 106 valence electrons. The Labute approximate surface area is 113 Å². The minimum absolute atomic E-state index is 0.0507. The van der Waals surface area contributed by atoms with Crippen LogP contribution in [0, 0.1) is 0 Å². The van der Waals surface area contributed by atoms with E-state index in [9.17, 15) is 0 Å². The molecule has 3 N–H and O–H groups in total. The topological polar surface area (TPSA) is 71.0 Å². The molecule has 1 aliphatic rings. The van der Waals surface area contributed by atoms with Crippen LogP contribution in [-0.2, 0) is 6.42 Å². The number of fused-ring (bicyclic) bond motifs is 1. The van der Waals surface area contributed by atoms with Crippen LogP contribution in [0.25, 0.3) is 0 Å². The first-order valence-corrected chi connectivity index (χ1v) is 6.59. The number of hydrogen-bond acceptors (Lipinski definition) is 5. The Morgan fingerprint density at radius 3 is 2.68 bits per heavy atom. The van der Waals surface area contributed by atoms with Gasteiger partial charge in [-0.3, -0.25) is 0 Å². The van der Waals surface area contributed by atoms with Gasteiger partial charge in [0.25, 0.3) is 0 Å². The van der Waals surface area contributed by atoms with Gasteiger partial charge in [0, 0.05) is 6.04 Å². The second-order valence-electron chi connectivity index (χ2n) is 4.86. The lowest BCUT2D eigenvalue weighted by atomic mass is 10.0. The van der Waals surface area contributed by atoms with Gasteiger partial charge in [-0.1, -0.05) is 6.07 Å². The van der Waals surface area contributed by atoms with Gasteiger partial charge < -0.3 is 25.0 Å². The second-order valence-corrected chi connectivity index (χ2v) is 4.86. The Hall–Kier alpha value is -1.30. The lowest BCUT2D eigenvalue weighted by Crippen LogP contribution is -2.41. The largest absolute Gasteiger partial charge is 0.454 e. The highest BCUT2D eigenvalue weighted by molar-refractivity contribution is 5.44. The normalized spacial score (nSPS) is 14.9. The maximum absolute atomic E-state index is 9.01. The summed E-state index contributed by atoms with van der Waals surface area (Å²) >= 11 is 0. The molecule has 0 saturated heterocycles. The molecule has 0 saturated carbocycles. The summed E-state index contributed by atoms with van der Waals surface area (Å²) in [6.07, 6.45) is 1.84. The Morgan fingerprint density at radius 1 is 1.21 bits per heavy atom. The molecule has 0 amide bonds. The number of hydrogen-bond donors (Lipinski definition) is 3. The molecule has 19 heavy (non-hydrogen) atoms. The van der Waals surface area contributed by atoms with E-state index in [4.69, 9.17) is 19.7 Å². The molecule has 1 aromatic rings. The molecule has 1 aromatic carbocycles. The van der Waals surface area contributed by atoms with Gasteiger partial charge >= 0.3 is 0 Å². The molecule has 0 bridgehead atoms. The van der Waals surface area contributed by atoms with Crippen molar-refractivity contribution in [1.29, 1.82) is 0 Å². The summed E-state index contributed by atoms with van der Waals surface area (Å²) in [5.74, 6) is 1.61. The first-order chi connectivity index (χ1) is 9.22. The van der Waals surface area contributed by atoms with Gasteiger partial charge in [-0.25, -0.2) is 0 Å². The molecule has 2 rings (SSSR count). The third-order valence-corrected chi connectivity index (χ3v) is 3.26. The van der Waals surface area contributed by atoms with Crippen LogP contribution in [0.2, 0.25) is 0 Å². The van der Waals surface area contributed by atoms with Gasteiger partial charge in [0.1, 0.15) is 0 Å². The average Bonchev–Trinajstić information content (AvgIpc) is 2.89. The van der Waals surface area contributed by atoms with E-state index in [1.807, 2.05) is 25.1 Å². The Balaban J connectivity index is 1.81. The molecular formula is C14H21NO4. The van der Waals surface area contributed by atoms with Crippen LogP contribution in [0.1, 0.15) is 18.9 Å². The molecule has 1 atom stereocenters. The second kappa shape index (κ2) is 6.75. The lowest BCUT2D eigenvalue weighted by molar-refractivity contribution is 0.162. The molecule has 5 nitrogen and oxygen atoms in total. The number of benzene rings is 1. The molecule has 0 aromatic heterocycles. The van der Waals surface area contributed by atoms with Crippen molar-refractivity contribution >= 4 is 0 Å². The van der Waals surface area contributed by atoms with Crippen molar-refractivity contribution in [2.24, 2.45) is 0 Å². The highest BCUT2D eigenvalue weighted by Crippen LogP contribution is 2.32. The van der Waals surface area contributed by atoms with Crippen LogP contribution in [0.15, 0.2) is 18.2 Å². The number of aliphatic hydroxyl groups is 2. The molecule has 1 aliphatic heterocycles. The summed E-state index contributed by atoms with van der Waals surface area (Å²) < 4.78 is 10.6. The first kappa shape index (κ1) is 14.1. The Morgan fingerprint density at radius 2 is 1.95 bits per heavy atom. The van der Waals surface area contributed by atoms with E-state index in [0.29, 0.717) is 6.79 Å². The predicted octanol–water partition coefficient (Wildman–Crippen LogP) is 0.679. The molecule has 0 aliphatic carbocycles. The van der Waals surface area contributed by atoms with E-state index in [1.54, 1.807) is 0 Å². The zero-order valence-corrected chi connectivity index (χ0v) is 11.1. The zero-order chi connectivity index (χ0) is 13.7. The van der Waals surface area contributed by atoms with E-state index >= 15 is 0 Å². The number of rotatable bonds is 7. The fraction of sp³-hybridized carbons (Fsp3) is 0.571. The lowest BCUT2D eigenvalue weighted by Gasteiger charge is -2.19. The highest BCUT2D eigenvalue weighted by Gasteiger charge is 2.14. The maximum Gasteiger partial charge on any atom is 0.231 e. The van der Waals surface area contributed by atoms with E-state index in [0.717, 1.165) is 24.3 Å². The van der Waals surface area contributed by atoms with E-state index in [1.165, 1.54) is 5.56 Å². The fourth-order valence-corrected chi connectivity index (χ4v) is 2.13. The maximum atomic E-state index is 9.01. The summed E-state index contributed by atoms with van der Waals surface area (Å²) in [4.78, 5) is 0. The summed E-state index contributed by atoms with van der Waals surface area (Å²) in [5.41, 5.74) is 1.20. The van der Waals surface area contributed by atoms with Crippen molar-refractivity contribution in [3.05, 3.63) is 23.8 Å². The zero-order valence-electron chi connectivity index (χ0n) is 11.1. The molecular weight excluding hydrogens is 246 g/mol. The van der Waals surface area contributed by atoms with E-state index in [2.05, 4.69) is 5.32 Å². The van der Waals surface area contributed by atoms with Crippen LogP contribution < -0.4 is 14.8 Å². The minimum atomic E-state index is -0.244. The summed E-state index contributed by atoms with van der Waals surface area (Å²) in [5, 5.41) is 21.2. The van der Waals surface area contributed by atoms with Gasteiger partial charge in [-0.05, 0) is 37.5 Å². The van der Waals surface area contributed by atoms with Crippen molar-refractivity contribution in [3.8, 4) is 11.5 Å². The fourth-order valence-electron chi connectivity index (χ4n) is 2.13. The number of aliphatic hydroxyl groups excluding tert-OH is 2. The summed E-state index contributed by atoms with van der Waals surface area (Å²) in [6.45, 7) is 2.24. The van der Waals surface area contributed by atoms with Crippen molar-refractivity contribution in [2.45, 2.75) is 31.8 Å². The molecule has 1 unspecified atom stereocenters. The Bertz CT molecular complexity index is 406.